The van der Waals surface area contributed by atoms with Gasteiger partial charge in [-0.15, -0.1) is 0 Å². The average molecular weight is 830 g/mol. The predicted octanol–water partition coefficient (Wildman–Crippen LogP) is -0.759. The fourth-order valence-electron chi connectivity index (χ4n) is 6.59. The summed E-state index contributed by atoms with van der Waals surface area (Å²) >= 11 is 0. The normalized spacial score (nSPS) is 15.3. The number of guanidine groups is 2. The largest absolute Gasteiger partial charge is 0.445 e. The highest BCUT2D eigenvalue weighted by atomic mass is 16.5. The quantitative estimate of drug-likeness (QED) is 0.0247. The van der Waals surface area contributed by atoms with E-state index in [4.69, 9.17) is 27.7 Å². The van der Waals surface area contributed by atoms with Gasteiger partial charge in [-0.1, -0.05) is 60.7 Å². The van der Waals surface area contributed by atoms with Crippen molar-refractivity contribution in [3.05, 3.63) is 90.0 Å². The number of aromatic amines is 1. The summed E-state index contributed by atoms with van der Waals surface area (Å²) in [6.07, 6.45) is 4.49. The van der Waals surface area contributed by atoms with Gasteiger partial charge in [-0.2, -0.15) is 0 Å². The SMILES string of the molecule is NC(N)=NCCCC(NC(=O)OCc1ccccc1)C(=O)NC(CCCN=C(N)N)C(=O)N1CCCC1C(=O)NC(Cc1ccccc1)C(=O)NC(C=O)Cc1cnc[nH]1. The van der Waals surface area contributed by atoms with Crippen LogP contribution >= 0.6 is 0 Å². The Morgan fingerprint density at radius 1 is 0.800 bits per heavy atom. The molecule has 0 spiro atoms. The molecule has 0 bridgehead atoms. The number of aldehydes is 1. The summed E-state index contributed by atoms with van der Waals surface area (Å²) in [5, 5.41) is 10.9. The first kappa shape index (κ1) is 45.7. The van der Waals surface area contributed by atoms with Crippen molar-refractivity contribution < 1.29 is 33.5 Å². The average Bonchev–Trinajstić information content (AvgIpc) is 3.95. The van der Waals surface area contributed by atoms with E-state index in [9.17, 15) is 28.8 Å². The fourth-order valence-corrected chi connectivity index (χ4v) is 6.59. The molecule has 5 amide bonds. The Hall–Kier alpha value is -6.99. The van der Waals surface area contributed by atoms with Crippen molar-refractivity contribution >= 4 is 47.9 Å². The van der Waals surface area contributed by atoms with Crippen molar-refractivity contribution in [3.63, 3.8) is 0 Å². The molecular formula is C40H55N13O7. The Balaban J connectivity index is 1.51. The molecule has 1 fully saturated rings. The fraction of sp³-hybridized carbons (Fsp3) is 0.425. The van der Waals surface area contributed by atoms with E-state index in [-0.39, 0.29) is 76.7 Å². The highest BCUT2D eigenvalue weighted by Crippen LogP contribution is 2.21. The molecule has 13 N–H and O–H groups in total. The molecule has 1 aliphatic heterocycles. The van der Waals surface area contributed by atoms with E-state index >= 15 is 0 Å². The predicted molar refractivity (Wildman–Crippen MR) is 222 cm³/mol. The van der Waals surface area contributed by atoms with Crippen molar-refractivity contribution in [2.75, 3.05) is 19.6 Å². The molecule has 5 unspecified atom stereocenters. The number of nitrogens with two attached hydrogens (primary N) is 4. The lowest BCUT2D eigenvalue weighted by Crippen LogP contribution is -2.58. The third-order valence-electron chi connectivity index (χ3n) is 9.57. The number of ether oxygens (including phenoxy) is 1. The molecule has 322 valence electrons. The molecule has 3 aromatic rings. The van der Waals surface area contributed by atoms with Gasteiger partial charge in [-0.3, -0.25) is 29.2 Å². The summed E-state index contributed by atoms with van der Waals surface area (Å²) in [4.78, 5) is 97.1. The summed E-state index contributed by atoms with van der Waals surface area (Å²) in [5.74, 6) is -2.70. The minimum atomic E-state index is -1.17. The molecular weight excluding hydrogens is 775 g/mol. The summed E-state index contributed by atoms with van der Waals surface area (Å²) in [5.41, 5.74) is 24.1. The zero-order valence-electron chi connectivity index (χ0n) is 33.3. The highest BCUT2D eigenvalue weighted by molar-refractivity contribution is 5.96. The lowest BCUT2D eigenvalue weighted by atomic mass is 10.0. The number of imidazole rings is 1. The summed E-state index contributed by atoms with van der Waals surface area (Å²) < 4.78 is 5.36. The number of hydrogen-bond donors (Lipinski definition) is 9. The molecule has 1 saturated heterocycles. The van der Waals surface area contributed by atoms with Gasteiger partial charge in [-0.25, -0.2) is 9.78 Å². The Morgan fingerprint density at radius 3 is 2.02 bits per heavy atom. The molecule has 20 nitrogen and oxygen atoms in total. The number of hydrogen-bond acceptors (Lipinski definition) is 10. The van der Waals surface area contributed by atoms with Crippen molar-refractivity contribution in [2.24, 2.45) is 32.9 Å². The first-order chi connectivity index (χ1) is 28.9. The molecule has 4 rings (SSSR count). The third kappa shape index (κ3) is 15.4. The number of nitrogens with one attached hydrogen (secondary N) is 5. The van der Waals surface area contributed by atoms with Crippen LogP contribution in [0.1, 0.15) is 55.3 Å². The maximum Gasteiger partial charge on any atom is 0.408 e. The Bertz CT molecular complexity index is 1900. The molecule has 20 heteroatoms. The number of benzene rings is 2. The van der Waals surface area contributed by atoms with Crippen LogP contribution in [0.3, 0.4) is 0 Å². The second-order valence-electron chi connectivity index (χ2n) is 14.2. The number of rotatable bonds is 23. The zero-order valence-corrected chi connectivity index (χ0v) is 33.3. The number of alkyl carbamates (subject to hydrolysis) is 1. The van der Waals surface area contributed by atoms with Crippen molar-refractivity contribution in [3.8, 4) is 0 Å². The minimum absolute atomic E-state index is 0.0456. The van der Waals surface area contributed by atoms with Crippen LogP contribution in [0.5, 0.6) is 0 Å². The van der Waals surface area contributed by atoms with Gasteiger partial charge in [0.2, 0.25) is 23.6 Å². The van der Waals surface area contributed by atoms with Gasteiger partial charge in [-0.05, 0) is 49.7 Å². The molecule has 1 aromatic heterocycles. The van der Waals surface area contributed by atoms with Gasteiger partial charge in [0.05, 0.1) is 12.4 Å². The lowest BCUT2D eigenvalue weighted by molar-refractivity contribution is -0.142. The number of nitrogens with zero attached hydrogens (tertiary/aromatic N) is 4. The van der Waals surface area contributed by atoms with Crippen LogP contribution in [-0.2, 0) is 48.2 Å². The number of carbonyl (C=O) groups excluding carboxylic acids is 6. The van der Waals surface area contributed by atoms with Gasteiger partial charge in [0, 0.05) is 44.4 Å². The van der Waals surface area contributed by atoms with E-state index < -0.39 is 59.9 Å². The topological polar surface area (TPSA) is 320 Å². The van der Waals surface area contributed by atoms with Crippen LogP contribution in [0.25, 0.3) is 0 Å². The van der Waals surface area contributed by atoms with Crippen molar-refractivity contribution in [1.82, 2.24) is 36.1 Å². The first-order valence-electron chi connectivity index (χ1n) is 19.7. The monoisotopic (exact) mass is 829 g/mol. The zero-order chi connectivity index (χ0) is 43.3. The van der Waals surface area contributed by atoms with E-state index in [0.29, 0.717) is 24.8 Å². The van der Waals surface area contributed by atoms with E-state index in [2.05, 4.69) is 41.2 Å². The maximum atomic E-state index is 14.4. The molecule has 1 aliphatic rings. The van der Waals surface area contributed by atoms with Crippen LogP contribution in [0.2, 0.25) is 0 Å². The summed E-state index contributed by atoms with van der Waals surface area (Å²) in [6.45, 7) is 0.462. The van der Waals surface area contributed by atoms with E-state index in [1.807, 2.05) is 12.1 Å². The highest BCUT2D eigenvalue weighted by Gasteiger charge is 2.39. The van der Waals surface area contributed by atoms with E-state index in [1.165, 1.54) is 11.2 Å². The van der Waals surface area contributed by atoms with Crippen molar-refractivity contribution in [1.29, 1.82) is 0 Å². The standard InChI is InChI=1S/C40H55N13O7/c41-38(42)46-17-7-14-30(52-40(59)60-24-27-12-5-2-6-13-27)34(55)50-31(15-8-18-47-39(43)44)37(58)53-19-9-16-33(53)36(57)51-32(20-26-10-3-1-4-11-26)35(56)49-29(23-54)21-28-22-45-25-48-28/h1-6,10-13,22-23,25,29-33H,7-9,14-21,24H2,(H,45,48)(H,49,56)(H,50,55)(H,51,57)(H,52,59)(H4,41,42,46)(H4,43,44,47). The Morgan fingerprint density at radius 2 is 1.42 bits per heavy atom. The number of carbonyl (C=O) groups is 6. The molecule has 0 aliphatic carbocycles. The second kappa shape index (κ2) is 24.1. The summed E-state index contributed by atoms with van der Waals surface area (Å²) in [7, 11) is 0. The Kier molecular flexibility index (Phi) is 18.3. The number of H-pyrrole nitrogens is 1. The van der Waals surface area contributed by atoms with Gasteiger partial charge < -0.3 is 63.6 Å². The minimum Gasteiger partial charge on any atom is -0.445 e. The Labute approximate surface area is 347 Å². The number of aliphatic imine (C=N–C) groups is 2. The van der Waals surface area contributed by atoms with Gasteiger partial charge in [0.15, 0.2) is 11.9 Å². The molecule has 0 saturated carbocycles. The third-order valence-corrected chi connectivity index (χ3v) is 9.57. The van der Waals surface area contributed by atoms with Crippen LogP contribution < -0.4 is 44.2 Å². The number of aromatic nitrogens is 2. The van der Waals surface area contributed by atoms with Crippen LogP contribution in [0.15, 0.2) is 83.2 Å². The van der Waals surface area contributed by atoms with Gasteiger partial charge in [0.25, 0.3) is 0 Å². The molecule has 60 heavy (non-hydrogen) atoms. The molecule has 2 heterocycles. The van der Waals surface area contributed by atoms with Gasteiger partial charge in [0.1, 0.15) is 37.1 Å². The van der Waals surface area contributed by atoms with Crippen molar-refractivity contribution in [2.45, 2.75) is 88.2 Å². The van der Waals surface area contributed by atoms with Crippen LogP contribution in [0, 0.1) is 0 Å². The van der Waals surface area contributed by atoms with E-state index in [0.717, 1.165) is 11.1 Å². The van der Waals surface area contributed by atoms with Crippen LogP contribution in [0.4, 0.5) is 4.79 Å². The molecule has 5 atom stereocenters. The number of likely N-dealkylation sites (tertiary alicyclic amines) is 1. The lowest BCUT2D eigenvalue weighted by Gasteiger charge is -2.31. The maximum absolute atomic E-state index is 14.4. The second-order valence-corrected chi connectivity index (χ2v) is 14.2. The molecule has 0 radical (unpaired) electrons. The molecule has 2 aromatic carbocycles. The van der Waals surface area contributed by atoms with E-state index in [1.54, 1.807) is 54.7 Å². The van der Waals surface area contributed by atoms with Crippen LogP contribution in [-0.4, -0.2) is 113 Å². The number of amides is 5. The van der Waals surface area contributed by atoms with Gasteiger partial charge >= 0.3 is 6.09 Å². The first-order valence-corrected chi connectivity index (χ1v) is 19.7. The summed E-state index contributed by atoms with van der Waals surface area (Å²) in [6, 6.07) is 12.7. The smallest absolute Gasteiger partial charge is 0.408 e.